The highest BCUT2D eigenvalue weighted by Crippen LogP contribution is 2.31. The number of amides is 1. The van der Waals surface area contributed by atoms with E-state index in [1.807, 2.05) is 41.0 Å². The van der Waals surface area contributed by atoms with E-state index in [-0.39, 0.29) is 17.1 Å². The number of carbonyl (C=O) groups excluding carboxylic acids is 1. The first-order valence-electron chi connectivity index (χ1n) is 12.9. The third kappa shape index (κ3) is 6.45. The molecule has 1 heterocycles. The summed E-state index contributed by atoms with van der Waals surface area (Å²) in [6.45, 7) is 11.0. The van der Waals surface area contributed by atoms with Crippen LogP contribution in [0.2, 0.25) is 0 Å². The minimum atomic E-state index is -0.0911. The topological polar surface area (TPSA) is 69.0 Å². The molecular formula is C31H36N4O2S. The zero-order valence-corrected chi connectivity index (χ0v) is 23.8. The fourth-order valence-electron chi connectivity index (χ4n) is 4.09. The third-order valence-corrected chi connectivity index (χ3v) is 7.61. The lowest BCUT2D eigenvalue weighted by atomic mass is 9.87. The van der Waals surface area contributed by atoms with Crippen LogP contribution in [0.15, 0.2) is 78.0 Å². The molecule has 7 heteroatoms. The third-order valence-electron chi connectivity index (χ3n) is 6.68. The van der Waals surface area contributed by atoms with E-state index < -0.39 is 0 Å². The number of rotatable bonds is 9. The van der Waals surface area contributed by atoms with Crippen molar-refractivity contribution in [1.82, 2.24) is 14.8 Å². The Balaban J connectivity index is 1.56. The first kappa shape index (κ1) is 27.5. The summed E-state index contributed by atoms with van der Waals surface area (Å²) in [6, 6.07) is 24.3. The second kappa shape index (κ2) is 11.9. The molecule has 3 aromatic carbocycles. The Morgan fingerprint density at radius 2 is 1.63 bits per heavy atom. The Morgan fingerprint density at radius 3 is 2.21 bits per heavy atom. The molecule has 198 valence electrons. The standard InChI is InChI=1S/C31H36N4O2S/c1-7-21(2)22-10-14-25(15-11-22)32-28(36)20-38-30-34-33-29(23-8-12-24(13-9-23)31(3,4)5)35(30)26-16-18-27(37-6)19-17-26/h8-19,21H,7,20H2,1-6H3,(H,32,36). The normalized spacial score (nSPS) is 12.3. The number of methoxy groups -OCH3 is 1. The molecule has 0 spiro atoms. The molecule has 0 radical (unpaired) electrons. The van der Waals surface area contributed by atoms with E-state index in [0.29, 0.717) is 11.1 Å². The Kier molecular flexibility index (Phi) is 8.57. The number of nitrogens with zero attached hydrogens (tertiary/aromatic N) is 3. The Morgan fingerprint density at radius 1 is 0.974 bits per heavy atom. The number of anilines is 1. The maximum atomic E-state index is 12.8. The van der Waals surface area contributed by atoms with Crippen molar-refractivity contribution in [2.75, 3.05) is 18.2 Å². The molecule has 38 heavy (non-hydrogen) atoms. The van der Waals surface area contributed by atoms with Gasteiger partial charge >= 0.3 is 0 Å². The molecule has 6 nitrogen and oxygen atoms in total. The number of ether oxygens (including phenoxy) is 1. The largest absolute Gasteiger partial charge is 0.497 e. The van der Waals surface area contributed by atoms with Crippen molar-refractivity contribution in [3.05, 3.63) is 83.9 Å². The minimum Gasteiger partial charge on any atom is -0.497 e. The Bertz CT molecular complexity index is 1360. The van der Waals surface area contributed by atoms with Crippen molar-refractivity contribution in [3.63, 3.8) is 0 Å². The van der Waals surface area contributed by atoms with Gasteiger partial charge < -0.3 is 10.1 Å². The van der Waals surface area contributed by atoms with Gasteiger partial charge in [-0.2, -0.15) is 0 Å². The molecule has 1 atom stereocenters. The van der Waals surface area contributed by atoms with Gasteiger partial charge in [0.1, 0.15) is 5.75 Å². The van der Waals surface area contributed by atoms with Crippen molar-refractivity contribution in [3.8, 4) is 22.8 Å². The van der Waals surface area contributed by atoms with Crippen LogP contribution in [0.25, 0.3) is 17.1 Å². The average Bonchev–Trinajstić information content (AvgIpc) is 3.35. The van der Waals surface area contributed by atoms with Gasteiger partial charge in [0.2, 0.25) is 5.91 Å². The van der Waals surface area contributed by atoms with Gasteiger partial charge in [-0.15, -0.1) is 10.2 Å². The monoisotopic (exact) mass is 528 g/mol. The molecule has 1 amide bonds. The highest BCUT2D eigenvalue weighted by atomic mass is 32.2. The molecule has 0 aliphatic rings. The summed E-state index contributed by atoms with van der Waals surface area (Å²) in [6.07, 6.45) is 1.08. The molecule has 0 saturated carbocycles. The number of hydrogen-bond acceptors (Lipinski definition) is 5. The second-order valence-corrected chi connectivity index (χ2v) is 11.4. The van der Waals surface area contributed by atoms with Crippen LogP contribution in [0, 0.1) is 0 Å². The molecule has 4 aromatic rings. The average molecular weight is 529 g/mol. The summed E-state index contributed by atoms with van der Waals surface area (Å²) in [4.78, 5) is 12.8. The van der Waals surface area contributed by atoms with Gasteiger partial charge in [0.15, 0.2) is 11.0 Å². The van der Waals surface area contributed by atoms with Crippen LogP contribution >= 0.6 is 11.8 Å². The fourth-order valence-corrected chi connectivity index (χ4v) is 4.84. The quantitative estimate of drug-likeness (QED) is 0.228. The number of thioether (sulfide) groups is 1. The molecule has 1 aromatic heterocycles. The van der Waals surface area contributed by atoms with E-state index in [2.05, 4.69) is 86.5 Å². The van der Waals surface area contributed by atoms with E-state index in [9.17, 15) is 4.79 Å². The maximum Gasteiger partial charge on any atom is 0.234 e. The van der Waals surface area contributed by atoms with Gasteiger partial charge in [0, 0.05) is 16.9 Å². The van der Waals surface area contributed by atoms with Gasteiger partial charge in [-0.3, -0.25) is 9.36 Å². The van der Waals surface area contributed by atoms with Gasteiger partial charge in [0.25, 0.3) is 0 Å². The van der Waals surface area contributed by atoms with E-state index in [1.54, 1.807) is 7.11 Å². The van der Waals surface area contributed by atoms with Gasteiger partial charge in [-0.25, -0.2) is 0 Å². The van der Waals surface area contributed by atoms with E-state index in [1.165, 1.54) is 22.9 Å². The lowest BCUT2D eigenvalue weighted by molar-refractivity contribution is -0.113. The zero-order valence-electron chi connectivity index (χ0n) is 23.0. The minimum absolute atomic E-state index is 0.0606. The molecule has 0 fully saturated rings. The number of aromatic nitrogens is 3. The van der Waals surface area contributed by atoms with Crippen molar-refractivity contribution in [2.45, 2.75) is 57.5 Å². The highest BCUT2D eigenvalue weighted by molar-refractivity contribution is 7.99. The summed E-state index contributed by atoms with van der Waals surface area (Å²) in [7, 11) is 1.65. The van der Waals surface area contributed by atoms with Crippen molar-refractivity contribution in [1.29, 1.82) is 0 Å². The summed E-state index contributed by atoms with van der Waals surface area (Å²) in [5.41, 5.74) is 5.23. The van der Waals surface area contributed by atoms with Crippen LogP contribution < -0.4 is 10.1 Å². The van der Waals surface area contributed by atoms with Crippen LogP contribution in [0.3, 0.4) is 0 Å². The number of nitrogens with one attached hydrogen (secondary N) is 1. The first-order valence-corrected chi connectivity index (χ1v) is 13.9. The van der Waals surface area contributed by atoms with E-state index in [4.69, 9.17) is 4.74 Å². The summed E-state index contributed by atoms with van der Waals surface area (Å²) < 4.78 is 7.33. The number of carbonyl (C=O) groups is 1. The zero-order chi connectivity index (χ0) is 27.3. The van der Waals surface area contributed by atoms with Crippen LogP contribution in [-0.4, -0.2) is 33.5 Å². The molecule has 0 aliphatic heterocycles. The SMILES string of the molecule is CCC(C)c1ccc(NC(=O)CSc2nnc(-c3ccc(C(C)(C)C)cc3)n2-c2ccc(OC)cc2)cc1. The van der Waals surface area contributed by atoms with Crippen LogP contribution in [0.4, 0.5) is 5.69 Å². The van der Waals surface area contributed by atoms with Crippen LogP contribution in [0.5, 0.6) is 5.75 Å². The molecule has 1 N–H and O–H groups in total. The lowest BCUT2D eigenvalue weighted by Crippen LogP contribution is -2.14. The van der Waals surface area contributed by atoms with Crippen LogP contribution in [-0.2, 0) is 10.2 Å². The van der Waals surface area contributed by atoms with Crippen molar-refractivity contribution < 1.29 is 9.53 Å². The lowest BCUT2D eigenvalue weighted by Gasteiger charge is -2.19. The fraction of sp³-hybridized carbons (Fsp3) is 0.323. The predicted molar refractivity (Wildman–Crippen MR) is 157 cm³/mol. The smallest absolute Gasteiger partial charge is 0.234 e. The van der Waals surface area contributed by atoms with E-state index >= 15 is 0 Å². The molecule has 0 bridgehead atoms. The highest BCUT2D eigenvalue weighted by Gasteiger charge is 2.19. The molecular weight excluding hydrogens is 492 g/mol. The maximum absolute atomic E-state index is 12.8. The summed E-state index contributed by atoms with van der Waals surface area (Å²) in [5, 5.41) is 12.6. The first-order chi connectivity index (χ1) is 18.2. The van der Waals surface area contributed by atoms with Gasteiger partial charge in [-0.05, 0) is 65.3 Å². The van der Waals surface area contributed by atoms with Crippen molar-refractivity contribution >= 4 is 23.4 Å². The van der Waals surface area contributed by atoms with E-state index in [0.717, 1.165) is 34.9 Å². The Labute approximate surface area is 229 Å². The molecule has 4 rings (SSSR count). The van der Waals surface area contributed by atoms with Crippen LogP contribution in [0.1, 0.15) is 58.1 Å². The molecule has 0 aliphatic carbocycles. The second-order valence-electron chi connectivity index (χ2n) is 10.4. The molecule has 1 unspecified atom stereocenters. The predicted octanol–water partition coefficient (Wildman–Crippen LogP) is 7.48. The molecule has 0 saturated heterocycles. The number of benzene rings is 3. The van der Waals surface area contributed by atoms with Gasteiger partial charge in [0.05, 0.1) is 12.9 Å². The van der Waals surface area contributed by atoms with Gasteiger partial charge in [-0.1, -0.05) is 82.8 Å². The number of hydrogen-bond donors (Lipinski definition) is 1. The summed E-state index contributed by atoms with van der Waals surface area (Å²) >= 11 is 1.36. The van der Waals surface area contributed by atoms with Crippen molar-refractivity contribution in [2.24, 2.45) is 0 Å². The Hall–Kier alpha value is -3.58. The summed E-state index contributed by atoms with van der Waals surface area (Å²) in [5.74, 6) is 2.11.